The van der Waals surface area contributed by atoms with Gasteiger partial charge in [0, 0.05) is 35.8 Å². The molecule has 0 aliphatic carbocycles. The maximum atomic E-state index is 13.5. The first-order chi connectivity index (χ1) is 14.6. The topological polar surface area (TPSA) is 92.1 Å². The van der Waals surface area contributed by atoms with E-state index in [4.69, 9.17) is 15.5 Å². The zero-order valence-electron chi connectivity index (χ0n) is 17.1. The van der Waals surface area contributed by atoms with E-state index in [0.717, 1.165) is 23.0 Å². The van der Waals surface area contributed by atoms with Gasteiger partial charge >= 0.3 is 5.97 Å². The van der Waals surface area contributed by atoms with Crippen LogP contribution in [-0.2, 0) is 17.8 Å². The highest BCUT2D eigenvalue weighted by Gasteiger charge is 2.18. The number of benzene rings is 2. The lowest BCUT2D eigenvalue weighted by Crippen LogP contribution is -2.25. The number of para-hydroxylation sites is 1. The summed E-state index contributed by atoms with van der Waals surface area (Å²) in [6.45, 7) is 3.76. The van der Waals surface area contributed by atoms with Crippen LogP contribution in [0.1, 0.15) is 23.7 Å². The van der Waals surface area contributed by atoms with Gasteiger partial charge in [-0.05, 0) is 44.2 Å². The summed E-state index contributed by atoms with van der Waals surface area (Å²) < 4.78 is 8.60. The van der Waals surface area contributed by atoms with E-state index in [1.165, 1.54) is 7.11 Å². The average Bonchev–Trinajstić information content (AvgIpc) is 3.16. The Hall–Kier alpha value is -3.45. The number of carbonyl (C=O) groups excluding carboxylic acids is 1. The van der Waals surface area contributed by atoms with Crippen molar-refractivity contribution in [1.82, 2.24) is 14.1 Å². The van der Waals surface area contributed by atoms with Crippen molar-refractivity contribution in [3.8, 4) is 11.3 Å². The van der Waals surface area contributed by atoms with Crippen molar-refractivity contribution in [3.63, 3.8) is 0 Å². The van der Waals surface area contributed by atoms with E-state index < -0.39 is 5.97 Å². The van der Waals surface area contributed by atoms with Crippen LogP contribution in [-0.4, -0.2) is 33.7 Å². The molecule has 2 aromatic heterocycles. The number of nitrogens with zero attached hydrogens (tertiary/aromatic N) is 3. The van der Waals surface area contributed by atoms with Crippen molar-refractivity contribution >= 4 is 27.9 Å². The Balaban J connectivity index is 2.01. The van der Waals surface area contributed by atoms with Gasteiger partial charge in [0.15, 0.2) is 0 Å². The lowest BCUT2D eigenvalue weighted by atomic mass is 10.1. The van der Waals surface area contributed by atoms with Crippen LogP contribution in [0.15, 0.2) is 53.5 Å². The minimum Gasteiger partial charge on any atom is -0.465 e. The van der Waals surface area contributed by atoms with Crippen molar-refractivity contribution in [3.05, 3.63) is 64.6 Å². The molecule has 0 aliphatic rings. The van der Waals surface area contributed by atoms with Crippen molar-refractivity contribution in [1.29, 1.82) is 0 Å². The van der Waals surface area contributed by atoms with Crippen LogP contribution >= 0.6 is 0 Å². The van der Waals surface area contributed by atoms with Gasteiger partial charge in [-0.3, -0.25) is 4.79 Å². The predicted octanol–water partition coefficient (Wildman–Crippen LogP) is 3.17. The molecular weight excluding hydrogens is 380 g/mol. The minimum absolute atomic E-state index is 0.197. The fraction of sp³-hybridized carbons (Fsp3) is 0.261. The fourth-order valence-electron chi connectivity index (χ4n) is 3.83. The first-order valence-electron chi connectivity index (χ1n) is 10.00. The molecule has 30 heavy (non-hydrogen) atoms. The van der Waals surface area contributed by atoms with Crippen molar-refractivity contribution in [2.75, 3.05) is 13.7 Å². The summed E-state index contributed by atoms with van der Waals surface area (Å²) in [6, 6.07) is 13.1. The molecule has 0 atom stereocenters. The van der Waals surface area contributed by atoms with Gasteiger partial charge in [0.25, 0.3) is 5.56 Å². The van der Waals surface area contributed by atoms with Gasteiger partial charge in [-0.2, -0.15) is 0 Å². The number of rotatable bonds is 6. The number of esters is 1. The van der Waals surface area contributed by atoms with Crippen molar-refractivity contribution in [2.24, 2.45) is 5.73 Å². The molecule has 0 aliphatic heterocycles. The third kappa shape index (κ3) is 3.27. The summed E-state index contributed by atoms with van der Waals surface area (Å²) in [6.07, 6.45) is 2.62. The molecule has 0 unspecified atom stereocenters. The van der Waals surface area contributed by atoms with Crippen LogP contribution in [0.3, 0.4) is 0 Å². The number of methoxy groups -OCH3 is 1. The summed E-state index contributed by atoms with van der Waals surface area (Å²) in [7, 11) is 1.33. The lowest BCUT2D eigenvalue weighted by molar-refractivity contribution is 0.0601. The Morgan fingerprint density at radius 2 is 1.97 bits per heavy atom. The Bertz CT molecular complexity index is 1300. The second kappa shape index (κ2) is 8.12. The van der Waals surface area contributed by atoms with E-state index in [0.29, 0.717) is 41.8 Å². The van der Waals surface area contributed by atoms with Crippen LogP contribution in [0.4, 0.5) is 0 Å². The molecule has 0 bridgehead atoms. The number of ether oxygens (including phenoxy) is 1. The van der Waals surface area contributed by atoms with Crippen molar-refractivity contribution < 1.29 is 9.53 Å². The molecule has 0 spiro atoms. The molecule has 154 valence electrons. The van der Waals surface area contributed by atoms with Crippen LogP contribution in [0.5, 0.6) is 0 Å². The fourth-order valence-corrected chi connectivity index (χ4v) is 3.83. The third-order valence-electron chi connectivity index (χ3n) is 5.34. The average molecular weight is 404 g/mol. The first kappa shape index (κ1) is 19.8. The summed E-state index contributed by atoms with van der Waals surface area (Å²) in [5.74, 6) is -0.454. The molecule has 7 heteroatoms. The summed E-state index contributed by atoms with van der Waals surface area (Å²) in [4.78, 5) is 30.2. The highest BCUT2D eigenvalue weighted by atomic mass is 16.5. The second-order valence-corrected chi connectivity index (χ2v) is 7.10. The highest BCUT2D eigenvalue weighted by Crippen LogP contribution is 2.29. The molecular formula is C23H24N4O3. The molecule has 2 N–H and O–H groups in total. The van der Waals surface area contributed by atoms with Gasteiger partial charge in [0.2, 0.25) is 0 Å². The standard InChI is InChI=1S/C23H24N4O3/c1-3-26-14-17(16-7-4-5-8-19(16)26)21-22(28)27(12-6-11-24)20-13-15(23(29)30-2)9-10-18(20)25-21/h4-5,7-10,13-14H,3,6,11-12,24H2,1-2H3. The van der Waals surface area contributed by atoms with Gasteiger partial charge in [-0.1, -0.05) is 18.2 Å². The number of nitrogens with two attached hydrogens (primary N) is 1. The molecule has 0 fully saturated rings. The van der Waals surface area contributed by atoms with Gasteiger partial charge in [0.1, 0.15) is 5.69 Å². The van der Waals surface area contributed by atoms with Crippen LogP contribution in [0, 0.1) is 0 Å². The Morgan fingerprint density at radius 1 is 1.17 bits per heavy atom. The predicted molar refractivity (Wildman–Crippen MR) is 118 cm³/mol. The summed E-state index contributed by atoms with van der Waals surface area (Å²) in [5.41, 5.74) is 9.39. The van der Waals surface area contributed by atoms with E-state index in [2.05, 4.69) is 11.5 Å². The molecule has 0 saturated heterocycles. The van der Waals surface area contributed by atoms with Gasteiger partial charge in [-0.15, -0.1) is 0 Å². The molecule has 4 rings (SSSR count). The SMILES string of the molecule is CCn1cc(-c2nc3ccc(C(=O)OC)cc3n(CCCN)c2=O)c2ccccc21. The van der Waals surface area contributed by atoms with Crippen LogP contribution < -0.4 is 11.3 Å². The van der Waals surface area contributed by atoms with Crippen LogP contribution in [0.2, 0.25) is 0 Å². The number of hydrogen-bond donors (Lipinski definition) is 1. The van der Waals surface area contributed by atoms with Crippen molar-refractivity contribution in [2.45, 2.75) is 26.4 Å². The molecule has 4 aromatic rings. The summed E-state index contributed by atoms with van der Waals surface area (Å²) >= 11 is 0. The molecule has 2 aromatic carbocycles. The largest absolute Gasteiger partial charge is 0.465 e. The molecule has 0 radical (unpaired) electrons. The van der Waals surface area contributed by atoms with Gasteiger partial charge in [-0.25, -0.2) is 9.78 Å². The maximum absolute atomic E-state index is 13.5. The highest BCUT2D eigenvalue weighted by molar-refractivity contribution is 5.97. The Morgan fingerprint density at radius 3 is 2.70 bits per heavy atom. The van der Waals surface area contributed by atoms with E-state index >= 15 is 0 Å². The number of fused-ring (bicyclic) bond motifs is 2. The third-order valence-corrected chi connectivity index (χ3v) is 5.34. The zero-order valence-corrected chi connectivity index (χ0v) is 17.1. The minimum atomic E-state index is -0.454. The van der Waals surface area contributed by atoms with Crippen LogP contribution in [0.25, 0.3) is 33.2 Å². The zero-order chi connectivity index (χ0) is 21.3. The maximum Gasteiger partial charge on any atom is 0.337 e. The van der Waals surface area contributed by atoms with Gasteiger partial charge < -0.3 is 19.6 Å². The second-order valence-electron chi connectivity index (χ2n) is 7.10. The number of hydrogen-bond acceptors (Lipinski definition) is 5. The first-order valence-corrected chi connectivity index (χ1v) is 10.00. The van der Waals surface area contributed by atoms with E-state index in [1.807, 2.05) is 30.5 Å². The summed E-state index contributed by atoms with van der Waals surface area (Å²) in [5, 5.41) is 0.986. The number of aryl methyl sites for hydroxylation is 2. The molecule has 7 nitrogen and oxygen atoms in total. The Kier molecular flexibility index (Phi) is 5.37. The number of carbonyl (C=O) groups is 1. The van der Waals surface area contributed by atoms with E-state index in [1.54, 1.807) is 22.8 Å². The molecule has 0 saturated carbocycles. The van der Waals surface area contributed by atoms with E-state index in [9.17, 15) is 9.59 Å². The molecule has 0 amide bonds. The monoisotopic (exact) mass is 404 g/mol. The van der Waals surface area contributed by atoms with E-state index in [-0.39, 0.29) is 5.56 Å². The number of aromatic nitrogens is 3. The molecule has 2 heterocycles. The quantitative estimate of drug-likeness (QED) is 0.498. The van der Waals surface area contributed by atoms with Gasteiger partial charge in [0.05, 0.1) is 23.7 Å². The smallest absolute Gasteiger partial charge is 0.337 e. The Labute approximate surface area is 173 Å². The lowest BCUT2D eigenvalue weighted by Gasteiger charge is -2.13. The normalized spacial score (nSPS) is 11.3.